The van der Waals surface area contributed by atoms with Crippen molar-refractivity contribution in [1.29, 1.82) is 0 Å². The van der Waals surface area contributed by atoms with Crippen molar-refractivity contribution in [3.8, 4) is 0 Å². The molecule has 13 nitrogen and oxygen atoms in total. The molecule has 0 bridgehead atoms. The summed E-state index contributed by atoms with van der Waals surface area (Å²) in [5.74, 6) is -1.69. The Kier molecular flexibility index (Phi) is 7.97. The summed E-state index contributed by atoms with van der Waals surface area (Å²) in [4.78, 5) is 44.1. The van der Waals surface area contributed by atoms with Crippen molar-refractivity contribution in [3.63, 3.8) is 0 Å². The molecule has 1 saturated heterocycles. The van der Waals surface area contributed by atoms with Gasteiger partial charge in [-0.25, -0.2) is 9.78 Å². The average Bonchev–Trinajstić information content (AvgIpc) is 2.86. The van der Waals surface area contributed by atoms with Gasteiger partial charge < -0.3 is 27.1 Å². The van der Waals surface area contributed by atoms with Crippen LogP contribution in [0.5, 0.6) is 0 Å². The fourth-order valence-corrected chi connectivity index (χ4v) is 6.82. The van der Waals surface area contributed by atoms with E-state index in [4.69, 9.17) is 11.5 Å². The van der Waals surface area contributed by atoms with Gasteiger partial charge in [-0.15, -0.1) is 28.6 Å². The summed E-state index contributed by atoms with van der Waals surface area (Å²) >= 11 is 3.91. The third kappa shape index (κ3) is 5.11. The molecular weight excluding hydrogens is 528 g/mol. The van der Waals surface area contributed by atoms with Gasteiger partial charge in [-0.2, -0.15) is 5.10 Å². The molecule has 1 fully saturated rings. The van der Waals surface area contributed by atoms with Crippen LogP contribution in [0.4, 0.5) is 5.82 Å². The van der Waals surface area contributed by atoms with Crippen LogP contribution in [0.1, 0.15) is 5.69 Å². The average molecular weight is 549 g/mol. The molecule has 4 heterocycles. The highest BCUT2D eigenvalue weighted by atomic mass is 32.2. The quantitative estimate of drug-likeness (QED) is 0.0931. The summed E-state index contributed by atoms with van der Waals surface area (Å²) in [6.07, 6.45) is 1.50. The summed E-state index contributed by atoms with van der Waals surface area (Å²) in [5, 5.41) is 32.7. The number of amides is 2. The van der Waals surface area contributed by atoms with E-state index >= 15 is 0 Å². The van der Waals surface area contributed by atoms with Gasteiger partial charge in [0.2, 0.25) is 0 Å². The molecule has 0 saturated carbocycles. The first-order chi connectivity index (χ1) is 17.3. The van der Waals surface area contributed by atoms with E-state index in [1.807, 2.05) is 0 Å². The van der Waals surface area contributed by atoms with E-state index in [0.29, 0.717) is 27.1 Å². The Morgan fingerprint density at radius 2 is 2.14 bits per heavy atom. The van der Waals surface area contributed by atoms with Gasteiger partial charge in [-0.3, -0.25) is 14.5 Å². The lowest BCUT2D eigenvalue weighted by atomic mass is 10.0. The number of nitrogens with zero attached hydrogens (tertiary/aromatic N) is 5. The van der Waals surface area contributed by atoms with Crippen molar-refractivity contribution in [2.45, 2.75) is 21.3 Å². The zero-order chi connectivity index (χ0) is 25.8. The molecule has 4 rings (SSSR count). The zero-order valence-corrected chi connectivity index (χ0v) is 20.8. The lowest BCUT2D eigenvalue weighted by Gasteiger charge is -2.49. The number of carbonyl (C=O) groups excluding carboxylic acids is 2. The highest BCUT2D eigenvalue weighted by molar-refractivity contribution is 8.07. The monoisotopic (exact) mass is 548 g/mol. The normalized spacial score (nSPS) is 19.5. The van der Waals surface area contributed by atoms with Gasteiger partial charge in [0.25, 0.3) is 11.8 Å². The van der Waals surface area contributed by atoms with Gasteiger partial charge in [0.05, 0.1) is 6.20 Å². The number of hydrogen-bond donors (Lipinski definition) is 5. The number of β-lactam (4-membered cyclic amide) rings is 1. The number of hydrogen-bond acceptors (Lipinski definition) is 13. The molecule has 1 unspecified atom stereocenters. The van der Waals surface area contributed by atoms with Crippen LogP contribution in [0.3, 0.4) is 0 Å². The summed E-state index contributed by atoms with van der Waals surface area (Å²) in [5.41, 5.74) is 10.6. The Morgan fingerprint density at radius 3 is 2.83 bits per heavy atom. The van der Waals surface area contributed by atoms with Gasteiger partial charge >= 0.3 is 5.97 Å². The van der Waals surface area contributed by atoms with Crippen LogP contribution in [-0.2, 0) is 14.4 Å². The maximum absolute atomic E-state index is 13.0. The first kappa shape index (κ1) is 25.7. The molecular formula is C20H20N8O5S3. The van der Waals surface area contributed by atoms with Crippen molar-refractivity contribution < 1.29 is 24.7 Å². The van der Waals surface area contributed by atoms with E-state index in [0.717, 1.165) is 4.90 Å². The van der Waals surface area contributed by atoms with E-state index < -0.39 is 34.9 Å². The van der Waals surface area contributed by atoms with Gasteiger partial charge in [0.15, 0.2) is 5.71 Å². The number of aliphatic carboxylic acids is 1. The number of oxime groups is 1. The molecule has 188 valence electrons. The van der Waals surface area contributed by atoms with Crippen LogP contribution in [0.15, 0.2) is 56.1 Å². The number of nitrogen functional groups attached to an aromatic ring is 1. The Hall–Kier alpha value is -3.34. The van der Waals surface area contributed by atoms with E-state index in [-0.39, 0.29) is 23.0 Å². The minimum atomic E-state index is -1.26. The molecule has 2 amide bonds. The van der Waals surface area contributed by atoms with Crippen molar-refractivity contribution in [1.82, 2.24) is 25.4 Å². The third-order valence-corrected chi connectivity index (χ3v) is 8.73. The Bertz CT molecular complexity index is 1270. The molecule has 0 radical (unpaired) electrons. The molecule has 2 aromatic rings. The lowest BCUT2D eigenvalue weighted by Crippen LogP contribution is -2.71. The number of aromatic nitrogens is 3. The second-order valence-electron chi connectivity index (χ2n) is 7.27. The number of anilines is 1. The second kappa shape index (κ2) is 11.2. The largest absolute Gasteiger partial charge is 0.477 e. The van der Waals surface area contributed by atoms with E-state index in [2.05, 4.69) is 25.7 Å². The molecule has 2 aliphatic heterocycles. The van der Waals surface area contributed by atoms with E-state index in [1.165, 1.54) is 59.7 Å². The van der Waals surface area contributed by atoms with Crippen LogP contribution in [0.2, 0.25) is 0 Å². The minimum Gasteiger partial charge on any atom is -0.477 e. The topological polar surface area (TPSA) is 210 Å². The second-order valence-corrected chi connectivity index (χ2v) is 10.6. The van der Waals surface area contributed by atoms with Crippen molar-refractivity contribution in [2.24, 2.45) is 10.9 Å². The minimum absolute atomic E-state index is 0.0222. The van der Waals surface area contributed by atoms with E-state index in [9.17, 15) is 24.7 Å². The molecule has 2 atom stereocenters. The summed E-state index contributed by atoms with van der Waals surface area (Å²) in [6.45, 7) is 0.442. The highest BCUT2D eigenvalue weighted by Crippen LogP contribution is 2.46. The number of thioether (sulfide) groups is 3. The van der Waals surface area contributed by atoms with Crippen LogP contribution >= 0.6 is 35.3 Å². The van der Waals surface area contributed by atoms with Crippen LogP contribution < -0.4 is 16.8 Å². The molecule has 0 aromatic carbocycles. The molecule has 0 spiro atoms. The summed E-state index contributed by atoms with van der Waals surface area (Å²) < 4.78 is 0. The number of nitrogens with two attached hydrogens (primary N) is 2. The van der Waals surface area contributed by atoms with Gasteiger partial charge in [-0.1, -0.05) is 23.0 Å². The number of carboxylic acids is 1. The molecule has 2 aliphatic rings. The van der Waals surface area contributed by atoms with Crippen molar-refractivity contribution in [3.05, 3.63) is 46.8 Å². The van der Waals surface area contributed by atoms with Gasteiger partial charge in [0.1, 0.15) is 33.7 Å². The maximum Gasteiger partial charge on any atom is 0.353 e. The SMILES string of the molecule is NCCSc1nnccc1SC1=C(C(=O)O)N2C(=O)[C@@H](NC(=O)/C(=N/O)c3cccc(N)n3)C2SC1. The number of fused-ring (bicyclic) bond motifs is 1. The van der Waals surface area contributed by atoms with Gasteiger partial charge in [0, 0.05) is 27.9 Å². The first-order valence-electron chi connectivity index (χ1n) is 10.3. The van der Waals surface area contributed by atoms with Crippen molar-refractivity contribution in [2.75, 3.05) is 23.8 Å². The molecule has 0 aliphatic carbocycles. The van der Waals surface area contributed by atoms with Crippen molar-refractivity contribution >= 4 is 64.6 Å². The molecule has 2 aromatic heterocycles. The number of carboxylic acid groups (broad SMARTS) is 1. The standard InChI is InChI=1S/C20H20N8O5S3/c21-5-7-34-17-10(4-6-23-26-17)36-11-8-35-19-14(18(30)28(19)15(11)20(31)32)25-16(29)13(27-33)9-2-1-3-12(22)24-9/h1-4,6,14,19,33H,5,7-8,21H2,(H2,22,24)(H,25,29)(H,31,32)/b27-13+/t14-,19?/m1/s1. The fourth-order valence-electron chi connectivity index (χ4n) is 3.45. The van der Waals surface area contributed by atoms with E-state index in [1.54, 1.807) is 6.07 Å². The first-order valence-corrected chi connectivity index (χ1v) is 13.2. The number of rotatable bonds is 9. The van der Waals surface area contributed by atoms with Gasteiger partial charge in [-0.05, 0) is 18.2 Å². The Labute approximate surface area is 217 Å². The van der Waals surface area contributed by atoms with Crippen LogP contribution in [0, 0.1) is 0 Å². The number of carbonyl (C=O) groups is 3. The molecule has 16 heteroatoms. The lowest BCUT2D eigenvalue weighted by molar-refractivity contribution is -0.150. The number of pyridine rings is 1. The number of nitrogens with one attached hydrogen (secondary N) is 1. The maximum atomic E-state index is 13.0. The smallest absolute Gasteiger partial charge is 0.353 e. The molecule has 36 heavy (non-hydrogen) atoms. The molecule has 7 N–H and O–H groups in total. The fraction of sp³-hybridized carbons (Fsp3) is 0.250. The van der Waals surface area contributed by atoms with Crippen LogP contribution in [-0.4, -0.2) is 83.4 Å². The highest BCUT2D eigenvalue weighted by Gasteiger charge is 2.54. The summed E-state index contributed by atoms with van der Waals surface area (Å²) in [6, 6.07) is 5.17. The predicted octanol–water partition coefficient (Wildman–Crippen LogP) is 0.171. The Morgan fingerprint density at radius 1 is 1.33 bits per heavy atom. The van der Waals surface area contributed by atoms with Crippen LogP contribution in [0.25, 0.3) is 0 Å². The predicted molar refractivity (Wildman–Crippen MR) is 134 cm³/mol. The summed E-state index contributed by atoms with van der Waals surface area (Å²) in [7, 11) is 0. The Balaban J connectivity index is 1.53. The third-order valence-electron chi connectivity index (χ3n) is 4.99. The zero-order valence-electron chi connectivity index (χ0n) is 18.4.